The van der Waals surface area contributed by atoms with Crippen molar-refractivity contribution >= 4 is 27.3 Å². The maximum absolute atomic E-state index is 13.4. The van der Waals surface area contributed by atoms with Crippen molar-refractivity contribution in [2.45, 2.75) is 13.0 Å². The Morgan fingerprint density at radius 3 is 2.88 bits per heavy atom. The van der Waals surface area contributed by atoms with Gasteiger partial charge in [-0.3, -0.25) is 4.98 Å². The van der Waals surface area contributed by atoms with Gasteiger partial charge in [-0.05, 0) is 35.0 Å². The number of aliphatic hydroxyl groups excluding tert-OH is 1. The molecule has 1 atom stereocenters. The van der Waals surface area contributed by atoms with Gasteiger partial charge in [0.2, 0.25) is 0 Å². The largest absolute Gasteiger partial charge is 0.383 e. The highest BCUT2D eigenvalue weighted by Gasteiger charge is 2.17. The normalized spacial score (nSPS) is 12.8. The zero-order valence-electron chi connectivity index (χ0n) is 8.45. The summed E-state index contributed by atoms with van der Waals surface area (Å²) in [4.78, 5) is 5.43. The van der Waals surface area contributed by atoms with Crippen molar-refractivity contribution < 1.29 is 9.50 Å². The molecule has 0 radical (unpaired) electrons. The van der Waals surface area contributed by atoms with Crippen molar-refractivity contribution in [3.05, 3.63) is 50.1 Å². The molecular weight excluding hydrogens is 293 g/mol. The highest BCUT2D eigenvalue weighted by Crippen LogP contribution is 2.34. The molecular formula is C11H9BrFNOS. The van der Waals surface area contributed by atoms with E-state index in [0.29, 0.717) is 0 Å². The molecule has 16 heavy (non-hydrogen) atoms. The molecule has 2 aromatic rings. The van der Waals surface area contributed by atoms with E-state index in [4.69, 9.17) is 0 Å². The van der Waals surface area contributed by atoms with Gasteiger partial charge < -0.3 is 5.11 Å². The Kier molecular flexibility index (Phi) is 3.37. The van der Waals surface area contributed by atoms with Crippen LogP contribution in [0.2, 0.25) is 0 Å². The average molecular weight is 302 g/mol. The number of nitrogens with zero attached hydrogens (tertiary/aromatic N) is 1. The maximum atomic E-state index is 13.4. The minimum atomic E-state index is -0.932. The van der Waals surface area contributed by atoms with Gasteiger partial charge in [-0.25, -0.2) is 4.39 Å². The van der Waals surface area contributed by atoms with Crippen LogP contribution in [-0.2, 0) is 0 Å². The van der Waals surface area contributed by atoms with Crippen LogP contribution in [0.15, 0.2) is 29.0 Å². The molecule has 2 nitrogen and oxygen atoms in total. The topological polar surface area (TPSA) is 33.1 Å². The van der Waals surface area contributed by atoms with Crippen LogP contribution in [0.1, 0.15) is 21.4 Å². The monoisotopic (exact) mass is 301 g/mol. The average Bonchev–Trinajstić information content (AvgIpc) is 2.59. The predicted octanol–water partition coefficient (Wildman–Crippen LogP) is 3.43. The van der Waals surface area contributed by atoms with Crippen LogP contribution < -0.4 is 0 Å². The zero-order valence-corrected chi connectivity index (χ0v) is 10.8. The van der Waals surface area contributed by atoms with Crippen LogP contribution in [0.4, 0.5) is 4.39 Å². The van der Waals surface area contributed by atoms with E-state index < -0.39 is 11.9 Å². The number of thiophene rings is 1. The van der Waals surface area contributed by atoms with Gasteiger partial charge in [0.15, 0.2) is 0 Å². The Balaban J connectivity index is 2.39. The molecule has 0 amide bonds. The van der Waals surface area contributed by atoms with Crippen molar-refractivity contribution in [2.75, 3.05) is 0 Å². The van der Waals surface area contributed by atoms with Gasteiger partial charge >= 0.3 is 0 Å². The molecule has 5 heteroatoms. The lowest BCUT2D eigenvalue weighted by atomic mass is 10.1. The van der Waals surface area contributed by atoms with Gasteiger partial charge in [-0.2, -0.15) is 0 Å². The first-order valence-electron chi connectivity index (χ1n) is 4.63. The van der Waals surface area contributed by atoms with E-state index >= 15 is 0 Å². The fourth-order valence-corrected chi connectivity index (χ4v) is 2.94. The molecule has 0 saturated carbocycles. The molecule has 84 valence electrons. The molecule has 0 aliphatic carbocycles. The number of pyridine rings is 1. The first-order chi connectivity index (χ1) is 7.59. The molecule has 2 heterocycles. The summed E-state index contributed by atoms with van der Waals surface area (Å²) in [5.74, 6) is -0.489. The van der Waals surface area contributed by atoms with Gasteiger partial charge in [-0.1, -0.05) is 0 Å². The second-order valence-electron chi connectivity index (χ2n) is 3.35. The van der Waals surface area contributed by atoms with Crippen LogP contribution in [0.5, 0.6) is 0 Å². The van der Waals surface area contributed by atoms with Crippen molar-refractivity contribution in [1.29, 1.82) is 0 Å². The fraction of sp³-hybridized carbons (Fsp3) is 0.182. The van der Waals surface area contributed by atoms with Crippen LogP contribution in [0.3, 0.4) is 0 Å². The lowest BCUT2D eigenvalue weighted by molar-refractivity contribution is 0.218. The van der Waals surface area contributed by atoms with Gasteiger partial charge in [0.05, 0.1) is 6.20 Å². The Morgan fingerprint density at radius 1 is 1.56 bits per heavy atom. The quantitative estimate of drug-likeness (QED) is 0.922. The van der Waals surface area contributed by atoms with E-state index in [1.165, 1.54) is 23.6 Å². The summed E-state index contributed by atoms with van der Waals surface area (Å²) in [5, 5.41) is 10.0. The first-order valence-corrected chi connectivity index (χ1v) is 6.24. The summed E-state index contributed by atoms with van der Waals surface area (Å²) >= 11 is 4.81. The minimum absolute atomic E-state index is 0.253. The van der Waals surface area contributed by atoms with E-state index in [2.05, 4.69) is 20.9 Å². The third-order valence-electron chi connectivity index (χ3n) is 2.24. The molecule has 2 aromatic heterocycles. The van der Waals surface area contributed by atoms with Crippen molar-refractivity contribution in [2.24, 2.45) is 0 Å². The molecule has 0 aliphatic heterocycles. The standard InChI is InChI=1S/C11H9BrFNOS/c1-6-8(12)4-10(16-6)11(15)7-2-3-14-5-9(7)13/h2-5,11,15H,1H3. The van der Waals surface area contributed by atoms with E-state index in [9.17, 15) is 9.50 Å². The summed E-state index contributed by atoms with van der Waals surface area (Å²) < 4.78 is 14.3. The Morgan fingerprint density at radius 2 is 2.31 bits per heavy atom. The van der Waals surface area contributed by atoms with Crippen molar-refractivity contribution in [3.8, 4) is 0 Å². The SMILES string of the molecule is Cc1sc(C(O)c2ccncc2F)cc1Br. The number of aryl methyl sites for hydroxylation is 1. The number of hydrogen-bond donors (Lipinski definition) is 1. The maximum Gasteiger partial charge on any atom is 0.147 e. The molecule has 1 unspecified atom stereocenters. The van der Waals surface area contributed by atoms with Crippen molar-refractivity contribution in [1.82, 2.24) is 4.98 Å². The first kappa shape index (κ1) is 11.7. The van der Waals surface area contributed by atoms with Gasteiger partial charge in [0.25, 0.3) is 0 Å². The third-order valence-corrected chi connectivity index (χ3v) is 4.43. The smallest absolute Gasteiger partial charge is 0.147 e. The fourth-order valence-electron chi connectivity index (χ4n) is 1.38. The molecule has 0 fully saturated rings. The van der Waals surface area contributed by atoms with E-state index in [1.807, 2.05) is 13.0 Å². The lowest BCUT2D eigenvalue weighted by Crippen LogP contribution is -2.00. The molecule has 0 aliphatic rings. The second kappa shape index (κ2) is 4.61. The number of halogens is 2. The second-order valence-corrected chi connectivity index (χ2v) is 5.49. The zero-order chi connectivity index (χ0) is 11.7. The highest BCUT2D eigenvalue weighted by atomic mass is 79.9. The van der Waals surface area contributed by atoms with Crippen LogP contribution in [0.25, 0.3) is 0 Å². The summed E-state index contributed by atoms with van der Waals surface area (Å²) in [6.07, 6.45) is 1.64. The van der Waals surface area contributed by atoms with Crippen LogP contribution in [-0.4, -0.2) is 10.1 Å². The Bertz CT molecular complexity index is 495. The number of aliphatic hydroxyl groups is 1. The lowest BCUT2D eigenvalue weighted by Gasteiger charge is -2.08. The Hall–Kier alpha value is -0.780. The third kappa shape index (κ3) is 2.16. The molecule has 1 N–H and O–H groups in total. The van der Waals surface area contributed by atoms with Gasteiger partial charge in [0, 0.05) is 26.0 Å². The molecule has 2 rings (SSSR count). The summed E-state index contributed by atoms with van der Waals surface area (Å²) in [6.45, 7) is 1.94. The molecule has 0 saturated heterocycles. The Labute approximate surface area is 105 Å². The summed E-state index contributed by atoms with van der Waals surface area (Å²) in [5.41, 5.74) is 0.253. The van der Waals surface area contributed by atoms with E-state index in [0.717, 1.165) is 20.4 Å². The van der Waals surface area contributed by atoms with E-state index in [1.54, 1.807) is 0 Å². The van der Waals surface area contributed by atoms with Crippen molar-refractivity contribution in [3.63, 3.8) is 0 Å². The predicted molar refractivity (Wildman–Crippen MR) is 65.0 cm³/mol. The van der Waals surface area contributed by atoms with Crippen LogP contribution in [0, 0.1) is 12.7 Å². The molecule has 0 spiro atoms. The summed E-state index contributed by atoms with van der Waals surface area (Å²) in [7, 11) is 0. The number of aromatic nitrogens is 1. The molecule has 0 aromatic carbocycles. The van der Waals surface area contributed by atoms with E-state index in [-0.39, 0.29) is 5.56 Å². The van der Waals surface area contributed by atoms with Gasteiger partial charge in [-0.15, -0.1) is 11.3 Å². The van der Waals surface area contributed by atoms with Gasteiger partial charge in [0.1, 0.15) is 11.9 Å². The number of hydrogen-bond acceptors (Lipinski definition) is 3. The molecule has 0 bridgehead atoms. The number of rotatable bonds is 2. The minimum Gasteiger partial charge on any atom is -0.383 e. The summed E-state index contributed by atoms with van der Waals surface area (Å²) in [6, 6.07) is 3.30. The van der Waals surface area contributed by atoms with Crippen LogP contribution >= 0.6 is 27.3 Å². The highest BCUT2D eigenvalue weighted by molar-refractivity contribution is 9.10.